The van der Waals surface area contributed by atoms with Gasteiger partial charge in [-0.05, 0) is 36.6 Å². The van der Waals surface area contributed by atoms with Crippen molar-refractivity contribution < 1.29 is 9.53 Å². The highest BCUT2D eigenvalue weighted by atomic mass is 35.5. The van der Waals surface area contributed by atoms with Crippen LogP contribution in [0.2, 0.25) is 5.15 Å². The van der Waals surface area contributed by atoms with E-state index in [2.05, 4.69) is 38.4 Å². The topological polar surface area (TPSA) is 98.4 Å². The van der Waals surface area contributed by atoms with Crippen molar-refractivity contribution >= 4 is 35.0 Å². The van der Waals surface area contributed by atoms with Crippen LogP contribution in [-0.2, 0) is 16.1 Å². The molecule has 1 amide bonds. The minimum absolute atomic E-state index is 0.0294. The lowest BCUT2D eigenvalue weighted by Gasteiger charge is -2.33. The normalized spacial score (nSPS) is 19.8. The van der Waals surface area contributed by atoms with Crippen LogP contribution in [0.25, 0.3) is 0 Å². The second kappa shape index (κ2) is 10.1. The summed E-state index contributed by atoms with van der Waals surface area (Å²) >= 11 is 5.95. The number of nitrogens with zero attached hydrogens (tertiary/aromatic N) is 4. The largest absolute Gasteiger partial charge is 0.379 e. The zero-order valence-corrected chi connectivity index (χ0v) is 18.2. The number of aromatic amines is 1. The molecule has 2 fully saturated rings. The molecule has 3 N–H and O–H groups in total. The first-order chi connectivity index (χ1) is 15.1. The molecule has 0 radical (unpaired) electrons. The first-order valence-corrected chi connectivity index (χ1v) is 10.9. The Bertz CT molecular complexity index is 913. The number of carbonyl (C=O) groups excluding carboxylic acids is 1. The zero-order valence-electron chi connectivity index (χ0n) is 17.4. The molecular weight excluding hydrogens is 418 g/mol. The van der Waals surface area contributed by atoms with E-state index >= 15 is 0 Å². The fourth-order valence-electron chi connectivity index (χ4n) is 3.96. The van der Waals surface area contributed by atoms with Crippen molar-refractivity contribution in [3.05, 3.63) is 41.6 Å². The lowest BCUT2D eigenvalue weighted by atomic mass is 10.1. The van der Waals surface area contributed by atoms with Crippen LogP contribution in [0.4, 0.5) is 17.5 Å². The number of piperidine rings is 1. The van der Waals surface area contributed by atoms with Gasteiger partial charge in [0, 0.05) is 44.8 Å². The molecule has 0 aromatic carbocycles. The van der Waals surface area contributed by atoms with Gasteiger partial charge in [0.15, 0.2) is 5.82 Å². The lowest BCUT2D eigenvalue weighted by Crippen LogP contribution is -2.44. The van der Waals surface area contributed by atoms with Crippen LogP contribution < -0.4 is 10.6 Å². The third kappa shape index (κ3) is 5.96. The van der Waals surface area contributed by atoms with Crippen LogP contribution >= 0.6 is 11.6 Å². The van der Waals surface area contributed by atoms with E-state index in [9.17, 15) is 4.79 Å². The van der Waals surface area contributed by atoms with Gasteiger partial charge in [-0.3, -0.25) is 14.8 Å². The van der Waals surface area contributed by atoms with E-state index in [0.717, 1.165) is 63.6 Å². The summed E-state index contributed by atoms with van der Waals surface area (Å²) in [5, 5.41) is 14.0. The number of amides is 1. The van der Waals surface area contributed by atoms with Gasteiger partial charge in [0.05, 0.1) is 13.2 Å². The van der Waals surface area contributed by atoms with E-state index in [1.807, 2.05) is 11.0 Å². The second-order valence-electron chi connectivity index (χ2n) is 7.83. The van der Waals surface area contributed by atoms with E-state index in [1.54, 1.807) is 6.07 Å². The third-order valence-electron chi connectivity index (χ3n) is 5.46. The number of anilines is 3. The van der Waals surface area contributed by atoms with Gasteiger partial charge in [-0.25, -0.2) is 4.98 Å². The molecule has 0 spiro atoms. The van der Waals surface area contributed by atoms with E-state index < -0.39 is 0 Å². The Morgan fingerprint density at radius 1 is 1.26 bits per heavy atom. The summed E-state index contributed by atoms with van der Waals surface area (Å²) in [6.45, 7) is 9.13. The molecule has 0 saturated carbocycles. The van der Waals surface area contributed by atoms with Gasteiger partial charge < -0.3 is 20.3 Å². The number of hydrogen-bond donors (Lipinski definition) is 3. The summed E-state index contributed by atoms with van der Waals surface area (Å²) in [4.78, 5) is 20.9. The Labute approximate surface area is 186 Å². The molecule has 4 heterocycles. The average Bonchev–Trinajstić information content (AvgIpc) is 3.18. The molecule has 166 valence electrons. The van der Waals surface area contributed by atoms with Gasteiger partial charge in [-0.15, -0.1) is 0 Å². The molecule has 0 aliphatic carbocycles. The van der Waals surface area contributed by atoms with Gasteiger partial charge in [-0.1, -0.05) is 18.2 Å². The Morgan fingerprint density at radius 3 is 2.81 bits per heavy atom. The summed E-state index contributed by atoms with van der Waals surface area (Å²) in [7, 11) is 0. The molecule has 2 aliphatic heterocycles. The van der Waals surface area contributed by atoms with Crippen molar-refractivity contribution in [3.63, 3.8) is 0 Å². The van der Waals surface area contributed by atoms with Gasteiger partial charge in [0.2, 0.25) is 5.91 Å². The molecule has 1 atom stereocenters. The molecule has 10 heteroatoms. The average molecular weight is 446 g/mol. The zero-order chi connectivity index (χ0) is 21.6. The molecule has 2 aromatic heterocycles. The number of halogens is 1. The van der Waals surface area contributed by atoms with Gasteiger partial charge in [0.25, 0.3) is 0 Å². The summed E-state index contributed by atoms with van der Waals surface area (Å²) in [5.74, 6) is 2.03. The Hall–Kier alpha value is -2.62. The highest BCUT2D eigenvalue weighted by molar-refractivity contribution is 6.29. The van der Waals surface area contributed by atoms with Crippen molar-refractivity contribution in [3.8, 4) is 0 Å². The number of carbonyl (C=O) groups is 1. The summed E-state index contributed by atoms with van der Waals surface area (Å²) in [6, 6.07) is 5.95. The SMILES string of the molecule is C=CC(=O)N1CCC[C@H](Nc2cc(CN3CCOCC3)cc(Nc3cc(Cl)[nH]n3)n2)C1. The van der Waals surface area contributed by atoms with E-state index in [4.69, 9.17) is 21.3 Å². The van der Waals surface area contributed by atoms with Crippen LogP contribution in [0, 0.1) is 0 Å². The van der Waals surface area contributed by atoms with Crippen LogP contribution in [0.15, 0.2) is 30.9 Å². The quantitative estimate of drug-likeness (QED) is 0.563. The fraction of sp³-hybridized carbons (Fsp3) is 0.476. The molecule has 4 rings (SSSR count). The van der Waals surface area contributed by atoms with Gasteiger partial charge in [0.1, 0.15) is 16.8 Å². The maximum atomic E-state index is 12.0. The van der Waals surface area contributed by atoms with E-state index in [-0.39, 0.29) is 11.9 Å². The number of ether oxygens (including phenoxy) is 1. The van der Waals surface area contributed by atoms with Crippen molar-refractivity contribution in [1.82, 2.24) is 25.0 Å². The maximum Gasteiger partial charge on any atom is 0.246 e. The molecule has 31 heavy (non-hydrogen) atoms. The highest BCUT2D eigenvalue weighted by Crippen LogP contribution is 2.23. The number of rotatable bonds is 7. The molecule has 9 nitrogen and oxygen atoms in total. The Morgan fingerprint density at radius 2 is 2.06 bits per heavy atom. The second-order valence-corrected chi connectivity index (χ2v) is 8.24. The summed E-state index contributed by atoms with van der Waals surface area (Å²) in [5.41, 5.74) is 1.14. The predicted octanol–water partition coefficient (Wildman–Crippen LogP) is 2.62. The lowest BCUT2D eigenvalue weighted by molar-refractivity contribution is -0.127. The monoisotopic (exact) mass is 445 g/mol. The van der Waals surface area contributed by atoms with Gasteiger partial charge >= 0.3 is 0 Å². The van der Waals surface area contributed by atoms with Gasteiger partial charge in [-0.2, -0.15) is 5.10 Å². The smallest absolute Gasteiger partial charge is 0.246 e. The minimum atomic E-state index is -0.0294. The summed E-state index contributed by atoms with van der Waals surface area (Å²) in [6.07, 6.45) is 3.30. The van der Waals surface area contributed by atoms with Crippen LogP contribution in [0.5, 0.6) is 0 Å². The van der Waals surface area contributed by atoms with Crippen molar-refractivity contribution in [2.75, 3.05) is 50.0 Å². The number of nitrogens with one attached hydrogen (secondary N) is 3. The number of morpholine rings is 1. The number of likely N-dealkylation sites (tertiary alicyclic amines) is 1. The first kappa shape index (κ1) is 21.6. The molecular formula is C21H28ClN7O2. The minimum Gasteiger partial charge on any atom is -0.379 e. The first-order valence-electron chi connectivity index (χ1n) is 10.6. The predicted molar refractivity (Wildman–Crippen MR) is 121 cm³/mol. The number of aromatic nitrogens is 3. The number of H-pyrrole nitrogens is 1. The summed E-state index contributed by atoms with van der Waals surface area (Å²) < 4.78 is 5.46. The van der Waals surface area contributed by atoms with Crippen LogP contribution in [-0.4, -0.2) is 76.3 Å². The van der Waals surface area contributed by atoms with E-state index in [1.165, 1.54) is 6.08 Å². The van der Waals surface area contributed by atoms with E-state index in [0.29, 0.717) is 23.3 Å². The van der Waals surface area contributed by atoms with Crippen LogP contribution in [0.1, 0.15) is 18.4 Å². The molecule has 2 aliphatic rings. The molecule has 2 saturated heterocycles. The molecule has 0 bridgehead atoms. The number of pyridine rings is 1. The van der Waals surface area contributed by atoms with Crippen molar-refractivity contribution in [2.24, 2.45) is 0 Å². The standard InChI is InChI=1S/C21H28ClN7O2/c1-2-21(30)29-5-3-4-16(14-29)23-18-10-15(13-28-6-8-31-9-7-28)11-19(24-18)25-20-12-17(22)26-27-20/h2,10-12,16H,1,3-9,13-14H2,(H3,23,24,25,26,27)/t16-/m0/s1. The Balaban J connectivity index is 1.51. The third-order valence-corrected chi connectivity index (χ3v) is 5.65. The Kier molecular flexibility index (Phi) is 7.06. The number of hydrogen-bond acceptors (Lipinski definition) is 7. The fourth-order valence-corrected chi connectivity index (χ4v) is 4.11. The molecule has 2 aromatic rings. The highest BCUT2D eigenvalue weighted by Gasteiger charge is 2.23. The van der Waals surface area contributed by atoms with Crippen molar-refractivity contribution in [1.29, 1.82) is 0 Å². The van der Waals surface area contributed by atoms with Crippen LogP contribution in [0.3, 0.4) is 0 Å². The maximum absolute atomic E-state index is 12.0. The van der Waals surface area contributed by atoms with Crippen molar-refractivity contribution in [2.45, 2.75) is 25.4 Å². The molecule has 0 unspecified atom stereocenters.